The summed E-state index contributed by atoms with van der Waals surface area (Å²) in [4.78, 5) is 4.65. The molecular weight excluding hydrogens is 196 g/mol. The molecule has 0 spiro atoms. The van der Waals surface area contributed by atoms with E-state index in [-0.39, 0.29) is 0 Å². The number of nitrogens with zero attached hydrogens (tertiary/aromatic N) is 1. The summed E-state index contributed by atoms with van der Waals surface area (Å²) in [6, 6.07) is 6.70. The number of pyridine rings is 1. The van der Waals surface area contributed by atoms with Crippen LogP contribution in [0.3, 0.4) is 0 Å². The molecule has 0 radical (unpaired) electrons. The van der Waals surface area contributed by atoms with Crippen molar-refractivity contribution in [1.82, 2.24) is 10.3 Å². The molecule has 0 aliphatic rings. The zero-order valence-electron chi connectivity index (χ0n) is 11.0. The number of rotatable bonds is 6. The molecule has 2 heteroatoms. The molecule has 90 valence electrons. The second-order valence-corrected chi connectivity index (χ2v) is 4.32. The molecule has 1 N–H and O–H groups in total. The van der Waals surface area contributed by atoms with Gasteiger partial charge in [0.2, 0.25) is 0 Å². The fourth-order valence-corrected chi connectivity index (χ4v) is 2.23. The van der Waals surface area contributed by atoms with E-state index in [1.54, 1.807) is 0 Å². The molecule has 0 aliphatic heterocycles. The van der Waals surface area contributed by atoms with E-state index in [0.29, 0.717) is 12.0 Å². The van der Waals surface area contributed by atoms with Crippen LogP contribution in [0.1, 0.15) is 51.0 Å². The summed E-state index contributed by atoms with van der Waals surface area (Å²) in [5, 5.41) is 3.57. The van der Waals surface area contributed by atoms with E-state index in [0.717, 1.165) is 12.2 Å². The van der Waals surface area contributed by atoms with E-state index < -0.39 is 0 Å². The first-order valence-electron chi connectivity index (χ1n) is 6.39. The van der Waals surface area contributed by atoms with Gasteiger partial charge in [0.05, 0.1) is 11.7 Å². The van der Waals surface area contributed by atoms with Gasteiger partial charge in [0.15, 0.2) is 0 Å². The summed E-state index contributed by atoms with van der Waals surface area (Å²) in [5.41, 5.74) is 2.29. The van der Waals surface area contributed by atoms with Gasteiger partial charge in [0.25, 0.3) is 0 Å². The second-order valence-electron chi connectivity index (χ2n) is 4.32. The van der Waals surface area contributed by atoms with Crippen molar-refractivity contribution in [3.63, 3.8) is 0 Å². The van der Waals surface area contributed by atoms with Crippen LogP contribution in [-0.4, -0.2) is 11.5 Å². The number of hydrogen-bond donors (Lipinski definition) is 1. The smallest absolute Gasteiger partial charge is 0.0579 e. The predicted octanol–water partition coefficient (Wildman–Crippen LogP) is 3.48. The van der Waals surface area contributed by atoms with Crippen molar-refractivity contribution < 1.29 is 0 Å². The average Bonchev–Trinajstić information content (AvgIpc) is 2.29. The second kappa shape index (κ2) is 6.64. The predicted molar refractivity (Wildman–Crippen MR) is 69.5 cm³/mol. The molecule has 1 aromatic heterocycles. The molecule has 16 heavy (non-hydrogen) atoms. The summed E-state index contributed by atoms with van der Waals surface area (Å²) < 4.78 is 0. The summed E-state index contributed by atoms with van der Waals surface area (Å²) >= 11 is 0. The zero-order chi connectivity index (χ0) is 12.0. The summed E-state index contributed by atoms with van der Waals surface area (Å²) in [6.45, 7) is 9.73. The number of nitrogens with one attached hydrogen (secondary N) is 1. The van der Waals surface area contributed by atoms with Crippen LogP contribution in [0.25, 0.3) is 0 Å². The molecule has 0 amide bonds. The maximum absolute atomic E-state index is 4.65. The largest absolute Gasteiger partial charge is 0.309 e. The Morgan fingerprint density at radius 2 is 1.88 bits per heavy atom. The van der Waals surface area contributed by atoms with Gasteiger partial charge in [-0.3, -0.25) is 4.98 Å². The van der Waals surface area contributed by atoms with Gasteiger partial charge in [-0.1, -0.05) is 39.7 Å². The van der Waals surface area contributed by atoms with Gasteiger partial charge >= 0.3 is 0 Å². The van der Waals surface area contributed by atoms with E-state index >= 15 is 0 Å². The first-order chi connectivity index (χ1) is 7.72. The van der Waals surface area contributed by atoms with E-state index in [4.69, 9.17) is 0 Å². The topological polar surface area (TPSA) is 24.9 Å². The lowest BCUT2D eigenvalue weighted by Gasteiger charge is -2.25. The molecule has 1 heterocycles. The van der Waals surface area contributed by atoms with Gasteiger partial charge in [-0.05, 0) is 31.5 Å². The summed E-state index contributed by atoms with van der Waals surface area (Å²) in [6.07, 6.45) is 2.40. The minimum Gasteiger partial charge on any atom is -0.309 e. The van der Waals surface area contributed by atoms with Gasteiger partial charge in [-0.15, -0.1) is 0 Å². The highest BCUT2D eigenvalue weighted by Crippen LogP contribution is 2.26. The van der Waals surface area contributed by atoms with E-state index in [9.17, 15) is 0 Å². The van der Waals surface area contributed by atoms with Crippen molar-refractivity contribution in [2.24, 2.45) is 5.92 Å². The van der Waals surface area contributed by atoms with Gasteiger partial charge in [-0.25, -0.2) is 0 Å². The van der Waals surface area contributed by atoms with Gasteiger partial charge in [-0.2, -0.15) is 0 Å². The average molecular weight is 220 g/mol. The Kier molecular flexibility index (Phi) is 5.47. The van der Waals surface area contributed by atoms with Crippen molar-refractivity contribution in [1.29, 1.82) is 0 Å². The molecule has 1 aromatic rings. The number of aromatic nitrogens is 1. The number of aryl methyl sites for hydroxylation is 1. The van der Waals surface area contributed by atoms with Gasteiger partial charge in [0, 0.05) is 5.69 Å². The lowest BCUT2D eigenvalue weighted by Crippen LogP contribution is -2.28. The van der Waals surface area contributed by atoms with E-state index in [2.05, 4.69) is 56.2 Å². The first kappa shape index (κ1) is 13.2. The molecule has 0 saturated carbocycles. The fourth-order valence-electron chi connectivity index (χ4n) is 2.23. The molecule has 1 atom stereocenters. The molecule has 1 rings (SSSR count). The molecule has 0 bridgehead atoms. The van der Waals surface area contributed by atoms with Crippen LogP contribution in [0.15, 0.2) is 18.2 Å². The van der Waals surface area contributed by atoms with Crippen LogP contribution in [0, 0.1) is 12.8 Å². The Balaban J connectivity index is 2.91. The van der Waals surface area contributed by atoms with Crippen LogP contribution in [0.2, 0.25) is 0 Å². The van der Waals surface area contributed by atoms with Crippen molar-refractivity contribution in [3.8, 4) is 0 Å². The van der Waals surface area contributed by atoms with Crippen LogP contribution in [0.5, 0.6) is 0 Å². The van der Waals surface area contributed by atoms with Gasteiger partial charge < -0.3 is 5.32 Å². The Morgan fingerprint density at radius 1 is 1.19 bits per heavy atom. The zero-order valence-corrected chi connectivity index (χ0v) is 11.0. The highest BCUT2D eigenvalue weighted by atomic mass is 14.9. The standard InChI is InChI=1S/C14H24N2/c1-5-12(6-2)14(15-7-3)13-10-8-9-11(4)16-13/h8-10,12,14-15H,5-7H2,1-4H3. The van der Waals surface area contributed by atoms with Crippen molar-refractivity contribution in [3.05, 3.63) is 29.6 Å². The quantitative estimate of drug-likeness (QED) is 0.794. The Labute approximate surface area is 99.5 Å². The normalized spacial score (nSPS) is 13.1. The lowest BCUT2D eigenvalue weighted by atomic mass is 9.91. The third-order valence-corrected chi connectivity index (χ3v) is 3.17. The Morgan fingerprint density at radius 3 is 2.38 bits per heavy atom. The van der Waals surface area contributed by atoms with Crippen LogP contribution in [-0.2, 0) is 0 Å². The van der Waals surface area contributed by atoms with Crippen molar-refractivity contribution >= 4 is 0 Å². The molecule has 0 aromatic carbocycles. The minimum absolute atomic E-state index is 0.403. The van der Waals surface area contributed by atoms with Crippen molar-refractivity contribution in [2.75, 3.05) is 6.54 Å². The summed E-state index contributed by atoms with van der Waals surface area (Å²) in [7, 11) is 0. The molecule has 2 nitrogen and oxygen atoms in total. The lowest BCUT2D eigenvalue weighted by molar-refractivity contribution is 0.340. The van der Waals surface area contributed by atoms with Gasteiger partial charge in [0.1, 0.15) is 0 Å². The SMILES string of the molecule is CCNC(c1cccc(C)n1)C(CC)CC. The monoisotopic (exact) mass is 220 g/mol. The molecule has 0 saturated heterocycles. The molecule has 1 unspecified atom stereocenters. The fraction of sp³-hybridized carbons (Fsp3) is 0.643. The highest BCUT2D eigenvalue weighted by Gasteiger charge is 2.20. The third-order valence-electron chi connectivity index (χ3n) is 3.17. The Bertz CT molecular complexity index is 305. The number of hydrogen-bond acceptors (Lipinski definition) is 2. The minimum atomic E-state index is 0.403. The first-order valence-corrected chi connectivity index (χ1v) is 6.39. The van der Waals surface area contributed by atoms with Crippen LogP contribution >= 0.6 is 0 Å². The highest BCUT2D eigenvalue weighted by molar-refractivity contribution is 5.14. The maximum atomic E-state index is 4.65. The molecule has 0 fully saturated rings. The summed E-state index contributed by atoms with van der Waals surface area (Å²) in [5.74, 6) is 0.675. The maximum Gasteiger partial charge on any atom is 0.0579 e. The van der Waals surface area contributed by atoms with E-state index in [1.807, 2.05) is 0 Å². The molecule has 0 aliphatic carbocycles. The molecular formula is C14H24N2. The van der Waals surface area contributed by atoms with Crippen molar-refractivity contribution in [2.45, 2.75) is 46.6 Å². The van der Waals surface area contributed by atoms with Crippen LogP contribution < -0.4 is 5.32 Å². The van der Waals surface area contributed by atoms with Crippen LogP contribution in [0.4, 0.5) is 0 Å². The Hall–Kier alpha value is -0.890. The van der Waals surface area contributed by atoms with E-state index in [1.165, 1.54) is 18.5 Å². The third kappa shape index (κ3) is 3.31.